The molecule has 3 nitrogen and oxygen atoms in total. The average molecular weight is 274 g/mol. The van der Waals surface area contributed by atoms with Crippen molar-refractivity contribution in [1.29, 1.82) is 0 Å². The number of ether oxygens (including phenoxy) is 3. The predicted octanol–water partition coefficient (Wildman–Crippen LogP) is 3.13. The summed E-state index contributed by atoms with van der Waals surface area (Å²) < 4.78 is 18.1. The van der Waals surface area contributed by atoms with E-state index in [-0.39, 0.29) is 5.79 Å². The van der Waals surface area contributed by atoms with E-state index in [2.05, 4.69) is 24.3 Å². The van der Waals surface area contributed by atoms with Gasteiger partial charge in [-0.15, -0.1) is 0 Å². The predicted molar refractivity (Wildman–Crippen MR) is 75.1 cm³/mol. The molecule has 0 radical (unpaired) electrons. The molecule has 0 N–H and O–H groups in total. The minimum Gasteiger partial charge on any atom is -0.374 e. The van der Waals surface area contributed by atoms with Crippen molar-refractivity contribution in [2.75, 3.05) is 13.2 Å². The third kappa shape index (κ3) is 2.09. The zero-order valence-electron chi connectivity index (χ0n) is 11.8. The van der Waals surface area contributed by atoms with Crippen molar-refractivity contribution in [3.8, 4) is 0 Å². The van der Waals surface area contributed by atoms with E-state index < -0.39 is 0 Å². The molecule has 0 amide bonds. The third-order valence-corrected chi connectivity index (χ3v) is 5.16. The highest BCUT2D eigenvalue weighted by molar-refractivity contribution is 5.13. The van der Waals surface area contributed by atoms with Gasteiger partial charge in [0, 0.05) is 11.8 Å². The maximum Gasteiger partial charge on any atom is 0.174 e. The average Bonchev–Trinajstić information content (AvgIpc) is 3.02. The maximum atomic E-state index is 6.14. The van der Waals surface area contributed by atoms with Crippen molar-refractivity contribution in [2.24, 2.45) is 11.8 Å². The highest BCUT2D eigenvalue weighted by atomic mass is 16.7. The Labute approximate surface area is 120 Å². The summed E-state index contributed by atoms with van der Waals surface area (Å²) >= 11 is 0. The van der Waals surface area contributed by atoms with Gasteiger partial charge in [0.2, 0.25) is 0 Å². The number of benzene rings is 1. The second-order valence-corrected chi connectivity index (χ2v) is 6.28. The summed E-state index contributed by atoms with van der Waals surface area (Å²) in [6.07, 6.45) is 5.00. The molecule has 108 valence electrons. The first-order valence-corrected chi connectivity index (χ1v) is 7.80. The van der Waals surface area contributed by atoms with Crippen LogP contribution in [0.1, 0.15) is 31.2 Å². The van der Waals surface area contributed by atoms with E-state index in [1.54, 1.807) is 0 Å². The Morgan fingerprint density at radius 3 is 2.30 bits per heavy atom. The molecular formula is C17H22O3. The van der Waals surface area contributed by atoms with Crippen LogP contribution >= 0.6 is 0 Å². The van der Waals surface area contributed by atoms with Gasteiger partial charge in [0.05, 0.1) is 25.9 Å². The van der Waals surface area contributed by atoms with Crippen molar-refractivity contribution in [3.63, 3.8) is 0 Å². The van der Waals surface area contributed by atoms with Crippen LogP contribution in [0.4, 0.5) is 0 Å². The minimum absolute atomic E-state index is 0.243. The summed E-state index contributed by atoms with van der Waals surface area (Å²) in [7, 11) is 0. The molecule has 1 heterocycles. The van der Waals surface area contributed by atoms with E-state index in [1.807, 2.05) is 6.07 Å². The smallest absolute Gasteiger partial charge is 0.174 e. The molecule has 2 atom stereocenters. The van der Waals surface area contributed by atoms with E-state index in [0.717, 1.165) is 32.7 Å². The standard InChI is InChI=1S/C17H22O3/c1-2-4-13(5-3-1)12-18-16-10-14-6-7-15(11-16)17(14)19-8-9-20-17/h1-5,14-16H,6-12H2. The first kappa shape index (κ1) is 12.8. The second kappa shape index (κ2) is 5.14. The van der Waals surface area contributed by atoms with Crippen molar-refractivity contribution in [2.45, 2.75) is 44.2 Å². The van der Waals surface area contributed by atoms with E-state index in [0.29, 0.717) is 17.9 Å². The Kier molecular flexibility index (Phi) is 3.29. The van der Waals surface area contributed by atoms with Crippen LogP contribution in [-0.2, 0) is 20.8 Å². The topological polar surface area (TPSA) is 27.7 Å². The Hall–Kier alpha value is -0.900. The fraction of sp³-hybridized carbons (Fsp3) is 0.647. The molecule has 3 fully saturated rings. The molecule has 1 spiro atoms. The van der Waals surface area contributed by atoms with Gasteiger partial charge in [-0.25, -0.2) is 0 Å². The molecule has 2 saturated carbocycles. The van der Waals surface area contributed by atoms with Gasteiger partial charge in [0.25, 0.3) is 0 Å². The van der Waals surface area contributed by atoms with Crippen molar-refractivity contribution < 1.29 is 14.2 Å². The van der Waals surface area contributed by atoms with Crippen LogP contribution in [0.15, 0.2) is 30.3 Å². The quantitative estimate of drug-likeness (QED) is 0.847. The first-order valence-electron chi connectivity index (χ1n) is 7.80. The molecule has 2 unspecified atom stereocenters. The Morgan fingerprint density at radius 1 is 1.00 bits per heavy atom. The lowest BCUT2D eigenvalue weighted by Crippen LogP contribution is -2.47. The summed E-state index contributed by atoms with van der Waals surface area (Å²) in [5, 5.41) is 0. The van der Waals surface area contributed by atoms with Gasteiger partial charge in [-0.2, -0.15) is 0 Å². The zero-order chi connectivity index (χ0) is 13.4. The molecule has 0 aromatic heterocycles. The van der Waals surface area contributed by atoms with E-state index >= 15 is 0 Å². The first-order chi connectivity index (χ1) is 9.87. The molecule has 1 aromatic carbocycles. The van der Waals surface area contributed by atoms with Gasteiger partial charge in [0.15, 0.2) is 5.79 Å². The second-order valence-electron chi connectivity index (χ2n) is 6.28. The number of hydrogen-bond acceptors (Lipinski definition) is 3. The van der Waals surface area contributed by atoms with E-state index in [9.17, 15) is 0 Å². The molecule has 1 aliphatic heterocycles. The van der Waals surface area contributed by atoms with Crippen LogP contribution in [0.2, 0.25) is 0 Å². The number of rotatable bonds is 3. The van der Waals surface area contributed by atoms with E-state index in [1.165, 1.54) is 18.4 Å². The molecule has 20 heavy (non-hydrogen) atoms. The zero-order valence-corrected chi connectivity index (χ0v) is 11.8. The SMILES string of the molecule is c1ccc(COC2CC3CCC(C2)C32OCCO2)cc1. The fourth-order valence-corrected chi connectivity index (χ4v) is 4.27. The number of hydrogen-bond donors (Lipinski definition) is 0. The van der Waals surface area contributed by atoms with Gasteiger partial charge < -0.3 is 14.2 Å². The van der Waals surface area contributed by atoms with E-state index in [4.69, 9.17) is 14.2 Å². The lowest BCUT2D eigenvalue weighted by atomic mass is 9.81. The summed E-state index contributed by atoms with van der Waals surface area (Å²) in [5.41, 5.74) is 1.26. The third-order valence-electron chi connectivity index (χ3n) is 5.16. The normalized spacial score (nSPS) is 34.7. The van der Waals surface area contributed by atoms with Crippen molar-refractivity contribution >= 4 is 0 Å². The highest BCUT2D eigenvalue weighted by Gasteiger charge is 2.58. The van der Waals surface area contributed by atoms with Crippen LogP contribution in [0, 0.1) is 11.8 Å². The van der Waals surface area contributed by atoms with Crippen LogP contribution < -0.4 is 0 Å². The fourth-order valence-electron chi connectivity index (χ4n) is 4.27. The van der Waals surface area contributed by atoms with Crippen LogP contribution in [0.5, 0.6) is 0 Å². The van der Waals surface area contributed by atoms with Gasteiger partial charge >= 0.3 is 0 Å². The molecule has 3 heteroatoms. The maximum absolute atomic E-state index is 6.14. The van der Waals surface area contributed by atoms with Crippen LogP contribution in [0.3, 0.4) is 0 Å². The minimum atomic E-state index is -0.243. The molecule has 1 saturated heterocycles. The Morgan fingerprint density at radius 2 is 1.65 bits per heavy atom. The molecule has 2 bridgehead atoms. The van der Waals surface area contributed by atoms with Gasteiger partial charge in [-0.05, 0) is 31.2 Å². The monoisotopic (exact) mass is 274 g/mol. The Bertz CT molecular complexity index is 437. The lowest BCUT2D eigenvalue weighted by Gasteiger charge is -2.41. The van der Waals surface area contributed by atoms with Crippen LogP contribution in [0.25, 0.3) is 0 Å². The molecule has 4 rings (SSSR count). The summed E-state index contributed by atoms with van der Waals surface area (Å²) in [6, 6.07) is 10.4. The molecule has 1 aromatic rings. The summed E-state index contributed by atoms with van der Waals surface area (Å²) in [5.74, 6) is 0.820. The van der Waals surface area contributed by atoms with Crippen LogP contribution in [-0.4, -0.2) is 25.1 Å². The van der Waals surface area contributed by atoms with Crippen molar-refractivity contribution in [3.05, 3.63) is 35.9 Å². The van der Waals surface area contributed by atoms with Gasteiger partial charge in [-0.1, -0.05) is 30.3 Å². The molecular weight excluding hydrogens is 252 g/mol. The molecule has 3 aliphatic rings. The summed E-state index contributed by atoms with van der Waals surface area (Å²) in [6.45, 7) is 2.25. The van der Waals surface area contributed by atoms with Gasteiger partial charge in [-0.3, -0.25) is 0 Å². The highest BCUT2D eigenvalue weighted by Crippen LogP contribution is 2.54. The van der Waals surface area contributed by atoms with Gasteiger partial charge in [0.1, 0.15) is 0 Å². The summed E-state index contributed by atoms with van der Waals surface area (Å²) in [4.78, 5) is 0. The lowest BCUT2D eigenvalue weighted by molar-refractivity contribution is -0.238. The molecule has 2 aliphatic carbocycles. The largest absolute Gasteiger partial charge is 0.374 e. The Balaban J connectivity index is 1.39. The van der Waals surface area contributed by atoms with Crippen molar-refractivity contribution in [1.82, 2.24) is 0 Å².